The molecule has 0 aromatic rings. The zero-order chi connectivity index (χ0) is 22.1. The molecule has 4 nitrogen and oxygen atoms in total. The van der Waals surface area contributed by atoms with Crippen LogP contribution in [0.1, 0.15) is 85.5 Å². The van der Waals surface area contributed by atoms with Gasteiger partial charge in [0.15, 0.2) is 0 Å². The van der Waals surface area contributed by atoms with E-state index in [4.69, 9.17) is 4.74 Å². The van der Waals surface area contributed by atoms with Crippen molar-refractivity contribution in [2.75, 3.05) is 6.61 Å². The average Bonchev–Trinajstić information content (AvgIpc) is 3.22. The molecule has 31 heavy (non-hydrogen) atoms. The van der Waals surface area contributed by atoms with Crippen LogP contribution < -0.4 is 0 Å². The second-order valence-corrected chi connectivity index (χ2v) is 12.3. The van der Waals surface area contributed by atoms with E-state index in [-0.39, 0.29) is 41.5 Å². The predicted octanol–water partition coefficient (Wildman–Crippen LogP) is 4.88. The maximum atomic E-state index is 13.9. The molecule has 174 valence electrons. The molecular formula is C27H42O4. The molecule has 0 spiro atoms. The molecule has 4 saturated carbocycles. The molecule has 1 heterocycles. The fourth-order valence-electron chi connectivity index (χ4n) is 8.97. The highest BCUT2D eigenvalue weighted by Gasteiger charge is 2.67. The van der Waals surface area contributed by atoms with Gasteiger partial charge >= 0.3 is 0 Å². The van der Waals surface area contributed by atoms with Crippen LogP contribution in [0.4, 0.5) is 0 Å². The van der Waals surface area contributed by atoms with Gasteiger partial charge in [-0.25, -0.2) is 0 Å². The molecule has 2 N–H and O–H groups in total. The zero-order valence-corrected chi connectivity index (χ0v) is 19.9. The first kappa shape index (κ1) is 21.9. The molecule has 5 aliphatic rings. The van der Waals surface area contributed by atoms with Crippen molar-refractivity contribution in [3.8, 4) is 0 Å². The van der Waals surface area contributed by atoms with Crippen LogP contribution in [0.2, 0.25) is 0 Å². The summed E-state index contributed by atoms with van der Waals surface area (Å²) in [6.07, 6.45) is 8.93. The molecule has 0 bridgehead atoms. The smallest absolute Gasteiger partial charge is 0.140 e. The summed E-state index contributed by atoms with van der Waals surface area (Å²) in [6.45, 7) is 9.21. The van der Waals surface area contributed by atoms with E-state index in [1.165, 1.54) is 18.4 Å². The van der Waals surface area contributed by atoms with Crippen LogP contribution >= 0.6 is 0 Å². The number of Topliss-reactive ketones (excluding diaryl/α,β-unsaturated/α-hetero) is 1. The summed E-state index contributed by atoms with van der Waals surface area (Å²) in [4.78, 5) is 13.9. The normalized spacial score (nSPS) is 49.7. The molecule has 0 radical (unpaired) electrons. The van der Waals surface area contributed by atoms with Gasteiger partial charge in [0.25, 0.3) is 0 Å². The maximum absolute atomic E-state index is 13.9. The number of aliphatic hydroxyl groups excluding tert-OH is 2. The van der Waals surface area contributed by atoms with Crippen molar-refractivity contribution < 1.29 is 19.7 Å². The number of hydrogen-bond acceptors (Lipinski definition) is 4. The Kier molecular flexibility index (Phi) is 5.37. The largest absolute Gasteiger partial charge is 0.494 e. The molecule has 0 saturated heterocycles. The van der Waals surface area contributed by atoms with Crippen LogP contribution in [0, 0.1) is 46.3 Å². The highest BCUT2D eigenvalue weighted by atomic mass is 16.5. The fraction of sp³-hybridized carbons (Fsp3) is 0.889. The third-order valence-corrected chi connectivity index (χ3v) is 10.9. The minimum atomic E-state index is -0.280. The summed E-state index contributed by atoms with van der Waals surface area (Å²) < 4.78 is 6.54. The lowest BCUT2D eigenvalue weighted by atomic mass is 9.44. The number of ether oxygens (including phenoxy) is 1. The van der Waals surface area contributed by atoms with Gasteiger partial charge < -0.3 is 14.9 Å². The number of ketones is 1. The Morgan fingerprint density at radius 3 is 2.68 bits per heavy atom. The van der Waals surface area contributed by atoms with Crippen LogP contribution in [-0.4, -0.2) is 34.8 Å². The number of hydrogen-bond donors (Lipinski definition) is 2. The molecule has 10 atom stereocenters. The SMILES string of the molecule is CC1=C(CC[C@@H](C)CO)O[C@H]2C[C@H]3[C@@H]4CC[C@H]5C[C@H](O)CC[C@]5(C)[C@H]4CC(=O)[C@]3(C)[C@@H]12. The van der Waals surface area contributed by atoms with E-state index in [9.17, 15) is 15.0 Å². The van der Waals surface area contributed by atoms with Crippen LogP contribution in [-0.2, 0) is 9.53 Å². The summed E-state index contributed by atoms with van der Waals surface area (Å²) in [5.74, 6) is 4.23. The molecule has 0 unspecified atom stereocenters. The number of aliphatic hydroxyl groups is 2. The highest BCUT2D eigenvalue weighted by molar-refractivity contribution is 5.87. The summed E-state index contributed by atoms with van der Waals surface area (Å²) >= 11 is 0. The van der Waals surface area contributed by atoms with Gasteiger partial charge in [-0.3, -0.25) is 4.79 Å². The van der Waals surface area contributed by atoms with Gasteiger partial charge in [-0.05, 0) is 92.4 Å². The Bertz CT molecular complexity index is 773. The Balaban J connectivity index is 1.41. The third-order valence-electron chi connectivity index (χ3n) is 10.9. The fourth-order valence-corrected chi connectivity index (χ4v) is 8.97. The summed E-state index contributed by atoms with van der Waals surface area (Å²) in [5, 5.41) is 19.6. The Labute approximate surface area is 187 Å². The summed E-state index contributed by atoms with van der Waals surface area (Å²) in [7, 11) is 0. The third kappa shape index (κ3) is 3.10. The Morgan fingerprint density at radius 2 is 1.94 bits per heavy atom. The van der Waals surface area contributed by atoms with E-state index in [0.29, 0.717) is 29.5 Å². The Morgan fingerprint density at radius 1 is 1.16 bits per heavy atom. The van der Waals surface area contributed by atoms with Crippen molar-refractivity contribution in [3.63, 3.8) is 0 Å². The van der Waals surface area contributed by atoms with E-state index < -0.39 is 0 Å². The lowest BCUT2D eigenvalue weighted by Gasteiger charge is -2.60. The minimum Gasteiger partial charge on any atom is -0.494 e. The number of carbonyl (C=O) groups excluding carboxylic acids is 1. The van der Waals surface area contributed by atoms with Gasteiger partial charge in [0.1, 0.15) is 11.9 Å². The zero-order valence-electron chi connectivity index (χ0n) is 19.9. The standard InChI is InChI=1S/C27H42O4/c1-15(14-28)5-8-22-16(2)25-23(31-22)12-21-19-7-6-17-11-18(29)9-10-26(17,3)20(19)13-24(30)27(21,25)4/h15,17-21,23,25,28-29H,5-14H2,1-4H3/t15-,17+,18-,19-,20+,21+,23+,25+,26+,27-/m1/s1. The maximum Gasteiger partial charge on any atom is 0.140 e. The molecule has 4 fully saturated rings. The van der Waals surface area contributed by atoms with Crippen LogP contribution in [0.3, 0.4) is 0 Å². The monoisotopic (exact) mass is 430 g/mol. The number of rotatable bonds is 4. The van der Waals surface area contributed by atoms with Crippen LogP contribution in [0.5, 0.6) is 0 Å². The van der Waals surface area contributed by atoms with E-state index in [1.54, 1.807) is 0 Å². The van der Waals surface area contributed by atoms with E-state index in [2.05, 4.69) is 27.7 Å². The van der Waals surface area contributed by atoms with Crippen LogP contribution in [0.15, 0.2) is 11.3 Å². The van der Waals surface area contributed by atoms with Crippen molar-refractivity contribution in [2.45, 2.75) is 97.7 Å². The number of carbonyl (C=O) groups is 1. The average molecular weight is 431 g/mol. The highest BCUT2D eigenvalue weighted by Crippen LogP contribution is 2.68. The predicted molar refractivity (Wildman–Crippen MR) is 120 cm³/mol. The first-order chi connectivity index (χ1) is 14.7. The second kappa shape index (κ2) is 7.58. The summed E-state index contributed by atoms with van der Waals surface area (Å²) in [5.41, 5.74) is 1.25. The lowest BCUT2D eigenvalue weighted by molar-refractivity contribution is -0.158. The van der Waals surface area contributed by atoms with Gasteiger partial charge in [-0.15, -0.1) is 0 Å². The van der Waals surface area contributed by atoms with Gasteiger partial charge in [-0.1, -0.05) is 20.8 Å². The van der Waals surface area contributed by atoms with Crippen molar-refractivity contribution in [2.24, 2.45) is 46.3 Å². The summed E-state index contributed by atoms with van der Waals surface area (Å²) in [6, 6.07) is 0. The molecule has 5 rings (SSSR count). The minimum absolute atomic E-state index is 0.141. The number of fused-ring (bicyclic) bond motifs is 7. The van der Waals surface area contributed by atoms with Crippen molar-refractivity contribution >= 4 is 5.78 Å². The van der Waals surface area contributed by atoms with E-state index >= 15 is 0 Å². The van der Waals surface area contributed by atoms with Crippen molar-refractivity contribution in [1.82, 2.24) is 0 Å². The molecule has 1 aliphatic heterocycles. The van der Waals surface area contributed by atoms with Gasteiger partial charge in [0, 0.05) is 30.8 Å². The molecule has 0 aromatic heterocycles. The van der Waals surface area contributed by atoms with Crippen molar-refractivity contribution in [3.05, 3.63) is 11.3 Å². The second-order valence-electron chi connectivity index (χ2n) is 12.3. The van der Waals surface area contributed by atoms with Gasteiger partial charge in [-0.2, -0.15) is 0 Å². The molecule has 4 heteroatoms. The van der Waals surface area contributed by atoms with Crippen molar-refractivity contribution in [1.29, 1.82) is 0 Å². The quantitative estimate of drug-likeness (QED) is 0.667. The first-order valence-electron chi connectivity index (χ1n) is 12.9. The molecule has 0 amide bonds. The van der Waals surface area contributed by atoms with Gasteiger partial charge in [0.05, 0.1) is 11.9 Å². The number of allylic oxidation sites excluding steroid dienone is 1. The van der Waals surface area contributed by atoms with Gasteiger partial charge in [0.2, 0.25) is 0 Å². The molecule has 4 aliphatic carbocycles. The molecular weight excluding hydrogens is 388 g/mol. The molecule has 0 aromatic carbocycles. The van der Waals surface area contributed by atoms with E-state index in [1.807, 2.05) is 0 Å². The van der Waals surface area contributed by atoms with Crippen LogP contribution in [0.25, 0.3) is 0 Å². The first-order valence-corrected chi connectivity index (χ1v) is 12.9. The topological polar surface area (TPSA) is 66.8 Å². The Hall–Kier alpha value is -0.870. The van der Waals surface area contributed by atoms with E-state index in [0.717, 1.165) is 50.7 Å². The lowest BCUT2D eigenvalue weighted by Crippen LogP contribution is -2.57.